The second-order valence-corrected chi connectivity index (χ2v) is 5.69. The lowest BCUT2D eigenvalue weighted by molar-refractivity contribution is -0.139. The maximum absolute atomic E-state index is 11.2. The maximum Gasteiger partial charge on any atom is 0.304 e. The van der Waals surface area contributed by atoms with E-state index >= 15 is 0 Å². The molecule has 0 heterocycles. The van der Waals surface area contributed by atoms with Crippen LogP contribution in [-0.2, 0) is 10.2 Å². The van der Waals surface area contributed by atoms with Crippen molar-refractivity contribution in [1.82, 2.24) is 0 Å². The summed E-state index contributed by atoms with van der Waals surface area (Å²) in [5, 5.41) is 9.24. The molecule has 0 amide bonds. The molecule has 1 aromatic carbocycles. The third-order valence-electron chi connectivity index (χ3n) is 4.46. The molecule has 1 aromatic rings. The minimum absolute atomic E-state index is 0.215. The summed E-state index contributed by atoms with van der Waals surface area (Å²) in [5.74, 6) is -0.184. The molecule has 0 aliphatic heterocycles. The number of aliphatic carboxylic acids is 1. The molecule has 98 valence electrons. The van der Waals surface area contributed by atoms with Crippen LogP contribution in [-0.4, -0.2) is 11.1 Å². The maximum atomic E-state index is 11.2. The molecule has 0 spiro atoms. The van der Waals surface area contributed by atoms with Gasteiger partial charge >= 0.3 is 5.97 Å². The highest BCUT2D eigenvalue weighted by Gasteiger charge is 2.38. The Kier molecular flexibility index (Phi) is 4.05. The zero-order valence-electron chi connectivity index (χ0n) is 11.1. The second-order valence-electron chi connectivity index (χ2n) is 5.69. The number of carboxylic acids is 1. The van der Waals surface area contributed by atoms with Crippen LogP contribution in [0.3, 0.4) is 0 Å². The Morgan fingerprint density at radius 3 is 2.39 bits per heavy atom. The van der Waals surface area contributed by atoms with Crippen molar-refractivity contribution in [3.63, 3.8) is 0 Å². The number of hydrogen-bond acceptors (Lipinski definition) is 1. The molecule has 2 rings (SSSR count). The SMILES string of the molecule is CC(CC(=O)O)(c1ccccc1)C1CCCCC1. The summed E-state index contributed by atoms with van der Waals surface area (Å²) in [6, 6.07) is 10.2. The van der Waals surface area contributed by atoms with Gasteiger partial charge in [-0.2, -0.15) is 0 Å². The van der Waals surface area contributed by atoms with E-state index in [2.05, 4.69) is 19.1 Å². The summed E-state index contributed by atoms with van der Waals surface area (Å²) in [7, 11) is 0. The van der Waals surface area contributed by atoms with Crippen LogP contribution in [0.15, 0.2) is 30.3 Å². The van der Waals surface area contributed by atoms with Crippen LogP contribution in [0.25, 0.3) is 0 Å². The van der Waals surface area contributed by atoms with Crippen LogP contribution in [0.1, 0.15) is 51.0 Å². The molecule has 1 aliphatic carbocycles. The molecule has 0 saturated heterocycles. The summed E-state index contributed by atoms with van der Waals surface area (Å²) >= 11 is 0. The van der Waals surface area contributed by atoms with E-state index in [0.717, 1.165) is 0 Å². The van der Waals surface area contributed by atoms with Crippen molar-refractivity contribution in [3.05, 3.63) is 35.9 Å². The van der Waals surface area contributed by atoms with Gasteiger partial charge in [-0.05, 0) is 24.3 Å². The summed E-state index contributed by atoms with van der Waals surface area (Å²) in [5.41, 5.74) is 0.965. The van der Waals surface area contributed by atoms with Gasteiger partial charge in [0.15, 0.2) is 0 Å². The highest BCUT2D eigenvalue weighted by Crippen LogP contribution is 2.43. The molecule has 1 saturated carbocycles. The lowest BCUT2D eigenvalue weighted by Gasteiger charge is -2.39. The van der Waals surface area contributed by atoms with Crippen molar-refractivity contribution in [2.75, 3.05) is 0 Å². The van der Waals surface area contributed by atoms with E-state index in [-0.39, 0.29) is 11.8 Å². The average molecular weight is 246 g/mol. The fraction of sp³-hybridized carbons (Fsp3) is 0.562. The number of carboxylic acid groups (broad SMARTS) is 1. The van der Waals surface area contributed by atoms with Crippen molar-refractivity contribution in [1.29, 1.82) is 0 Å². The Hall–Kier alpha value is -1.31. The van der Waals surface area contributed by atoms with E-state index in [1.54, 1.807) is 0 Å². The minimum atomic E-state index is -0.688. The molecule has 1 fully saturated rings. The second kappa shape index (κ2) is 5.55. The molecule has 1 unspecified atom stereocenters. The van der Waals surface area contributed by atoms with E-state index in [9.17, 15) is 9.90 Å². The van der Waals surface area contributed by atoms with E-state index in [0.29, 0.717) is 5.92 Å². The summed E-state index contributed by atoms with van der Waals surface area (Å²) in [6.07, 6.45) is 6.35. The number of rotatable bonds is 4. The Morgan fingerprint density at radius 1 is 1.22 bits per heavy atom. The van der Waals surface area contributed by atoms with Gasteiger partial charge in [-0.25, -0.2) is 0 Å². The standard InChI is InChI=1S/C16H22O2/c1-16(12-15(17)18,13-8-4-2-5-9-13)14-10-6-3-7-11-14/h2,4-5,8-9,14H,3,6-7,10-12H2,1H3,(H,17,18). The highest BCUT2D eigenvalue weighted by molar-refractivity contribution is 5.69. The summed E-state index contributed by atoms with van der Waals surface area (Å²) in [6.45, 7) is 2.13. The Labute approximate surface area is 109 Å². The molecule has 0 aromatic heterocycles. The minimum Gasteiger partial charge on any atom is -0.481 e. The Bertz CT molecular complexity index is 393. The number of carbonyl (C=O) groups is 1. The largest absolute Gasteiger partial charge is 0.481 e. The van der Waals surface area contributed by atoms with Crippen molar-refractivity contribution in [3.8, 4) is 0 Å². The van der Waals surface area contributed by atoms with Crippen LogP contribution < -0.4 is 0 Å². The average Bonchev–Trinajstić information content (AvgIpc) is 2.40. The topological polar surface area (TPSA) is 37.3 Å². The zero-order chi connectivity index (χ0) is 13.0. The van der Waals surface area contributed by atoms with Gasteiger partial charge in [-0.1, -0.05) is 56.5 Å². The molecular weight excluding hydrogens is 224 g/mol. The third kappa shape index (κ3) is 2.74. The summed E-state index contributed by atoms with van der Waals surface area (Å²) in [4.78, 5) is 11.2. The van der Waals surface area contributed by atoms with Crippen molar-refractivity contribution in [2.45, 2.75) is 50.9 Å². The fourth-order valence-corrected chi connectivity index (χ4v) is 3.35. The van der Waals surface area contributed by atoms with Gasteiger partial charge in [0.05, 0.1) is 6.42 Å². The van der Waals surface area contributed by atoms with Gasteiger partial charge in [0.1, 0.15) is 0 Å². The first-order chi connectivity index (χ1) is 8.63. The predicted octanol–water partition coefficient (Wildman–Crippen LogP) is 4.00. The Balaban J connectivity index is 2.30. The van der Waals surface area contributed by atoms with Crippen LogP contribution in [0, 0.1) is 5.92 Å². The van der Waals surface area contributed by atoms with Crippen LogP contribution in [0.4, 0.5) is 0 Å². The van der Waals surface area contributed by atoms with Crippen molar-refractivity contribution >= 4 is 5.97 Å². The fourth-order valence-electron chi connectivity index (χ4n) is 3.35. The van der Waals surface area contributed by atoms with E-state index in [4.69, 9.17) is 0 Å². The van der Waals surface area contributed by atoms with Crippen molar-refractivity contribution in [2.24, 2.45) is 5.92 Å². The monoisotopic (exact) mass is 246 g/mol. The first-order valence-corrected chi connectivity index (χ1v) is 6.90. The molecular formula is C16H22O2. The number of hydrogen-bond donors (Lipinski definition) is 1. The lowest BCUT2D eigenvalue weighted by Crippen LogP contribution is -2.36. The van der Waals surface area contributed by atoms with Crippen LogP contribution >= 0.6 is 0 Å². The molecule has 1 N–H and O–H groups in total. The molecule has 0 radical (unpaired) electrons. The van der Waals surface area contributed by atoms with Gasteiger partial charge in [0, 0.05) is 5.41 Å². The molecule has 1 aliphatic rings. The molecule has 1 atom stereocenters. The van der Waals surface area contributed by atoms with Gasteiger partial charge in [0.2, 0.25) is 0 Å². The van der Waals surface area contributed by atoms with Gasteiger partial charge < -0.3 is 5.11 Å². The van der Waals surface area contributed by atoms with E-state index in [1.165, 1.54) is 37.7 Å². The van der Waals surface area contributed by atoms with Gasteiger partial charge in [0.25, 0.3) is 0 Å². The smallest absolute Gasteiger partial charge is 0.304 e. The van der Waals surface area contributed by atoms with Crippen molar-refractivity contribution < 1.29 is 9.90 Å². The van der Waals surface area contributed by atoms with E-state index in [1.807, 2.05) is 18.2 Å². The third-order valence-corrected chi connectivity index (χ3v) is 4.46. The van der Waals surface area contributed by atoms with E-state index < -0.39 is 5.97 Å². The molecule has 18 heavy (non-hydrogen) atoms. The quantitative estimate of drug-likeness (QED) is 0.871. The zero-order valence-corrected chi connectivity index (χ0v) is 11.1. The highest BCUT2D eigenvalue weighted by atomic mass is 16.4. The predicted molar refractivity (Wildman–Crippen MR) is 72.6 cm³/mol. The van der Waals surface area contributed by atoms with Crippen LogP contribution in [0.5, 0.6) is 0 Å². The lowest BCUT2D eigenvalue weighted by atomic mass is 9.64. The number of benzene rings is 1. The molecule has 0 bridgehead atoms. The normalized spacial score (nSPS) is 20.3. The first-order valence-electron chi connectivity index (χ1n) is 6.90. The molecule has 2 heteroatoms. The van der Waals surface area contributed by atoms with Gasteiger partial charge in [-0.15, -0.1) is 0 Å². The summed E-state index contributed by atoms with van der Waals surface area (Å²) < 4.78 is 0. The van der Waals surface area contributed by atoms with Gasteiger partial charge in [-0.3, -0.25) is 4.79 Å². The van der Waals surface area contributed by atoms with Crippen LogP contribution in [0.2, 0.25) is 0 Å². The molecule has 2 nitrogen and oxygen atoms in total. The first kappa shape index (κ1) is 13.1. The Morgan fingerprint density at radius 2 is 1.83 bits per heavy atom.